The number of hydrogen-bond donors (Lipinski definition) is 3. The van der Waals surface area contributed by atoms with Gasteiger partial charge in [-0.25, -0.2) is 23.5 Å². The number of nitrogens with zero attached hydrogens (tertiary/aromatic N) is 3. The van der Waals surface area contributed by atoms with Crippen LogP contribution in [-0.2, 0) is 16.6 Å². The molecule has 0 radical (unpaired) electrons. The molecule has 0 saturated carbocycles. The minimum Gasteiger partial charge on any atom is -0.495 e. The van der Waals surface area contributed by atoms with Crippen LogP contribution in [0.4, 0.5) is 11.5 Å². The van der Waals surface area contributed by atoms with Gasteiger partial charge in [-0.3, -0.25) is 4.40 Å². The Morgan fingerprint density at radius 3 is 2.55 bits per heavy atom. The number of rotatable bonds is 6. The second-order valence-electron chi connectivity index (χ2n) is 7.01. The maximum absolute atomic E-state index is 11.4. The molecular formula is C21H22N6O3S. The molecule has 0 aliphatic rings. The lowest BCUT2D eigenvalue weighted by atomic mass is 10.1. The first-order valence-electron chi connectivity index (χ1n) is 9.41. The third kappa shape index (κ3) is 4.03. The molecule has 9 nitrogen and oxygen atoms in total. The Hall–Kier alpha value is -3.63. The molecule has 10 heteroatoms. The predicted molar refractivity (Wildman–Crippen MR) is 119 cm³/mol. The van der Waals surface area contributed by atoms with Crippen molar-refractivity contribution in [2.75, 3.05) is 18.2 Å². The molecule has 2 aromatic carbocycles. The number of aryl methyl sites for hydroxylation is 1. The van der Waals surface area contributed by atoms with E-state index in [2.05, 4.69) is 10.3 Å². The molecule has 0 aliphatic carbocycles. The van der Waals surface area contributed by atoms with Crippen LogP contribution in [0.5, 0.6) is 5.75 Å². The number of sulfonamides is 1. The van der Waals surface area contributed by atoms with Crippen molar-refractivity contribution in [3.8, 4) is 17.0 Å². The number of methoxy groups -OCH3 is 1. The Balaban J connectivity index is 1.65. The van der Waals surface area contributed by atoms with Gasteiger partial charge >= 0.3 is 0 Å². The Morgan fingerprint density at radius 2 is 1.90 bits per heavy atom. The highest BCUT2D eigenvalue weighted by molar-refractivity contribution is 7.89. The van der Waals surface area contributed by atoms with E-state index in [9.17, 15) is 8.42 Å². The summed E-state index contributed by atoms with van der Waals surface area (Å²) in [5, 5.41) is 8.41. The first-order valence-corrected chi connectivity index (χ1v) is 11.0. The molecule has 31 heavy (non-hydrogen) atoms. The van der Waals surface area contributed by atoms with Crippen molar-refractivity contribution in [1.29, 1.82) is 0 Å². The molecule has 2 heterocycles. The van der Waals surface area contributed by atoms with Crippen LogP contribution >= 0.6 is 0 Å². The highest BCUT2D eigenvalue weighted by atomic mass is 32.2. The number of imidazole rings is 1. The summed E-state index contributed by atoms with van der Waals surface area (Å²) in [7, 11) is -2.13. The van der Waals surface area contributed by atoms with E-state index in [-0.39, 0.29) is 4.90 Å². The second-order valence-corrected chi connectivity index (χ2v) is 8.58. The molecule has 160 valence electrons. The average molecular weight is 439 g/mol. The number of primary sulfonamides is 1. The molecular weight excluding hydrogens is 416 g/mol. The van der Waals surface area contributed by atoms with Gasteiger partial charge in [-0.1, -0.05) is 12.1 Å². The molecule has 4 aromatic rings. The third-order valence-corrected chi connectivity index (χ3v) is 5.86. The van der Waals surface area contributed by atoms with Crippen molar-refractivity contribution in [2.24, 2.45) is 5.14 Å². The van der Waals surface area contributed by atoms with Gasteiger partial charge in [0, 0.05) is 24.5 Å². The quantitative estimate of drug-likeness (QED) is 0.393. The molecule has 0 aliphatic heterocycles. The van der Waals surface area contributed by atoms with Crippen molar-refractivity contribution in [2.45, 2.75) is 18.4 Å². The minimum atomic E-state index is -3.71. The number of nitrogens with two attached hydrogens (primary N) is 2. The lowest BCUT2D eigenvalue weighted by Crippen LogP contribution is -2.12. The van der Waals surface area contributed by atoms with Gasteiger partial charge in [-0.05, 0) is 42.8 Å². The number of ether oxygens (including phenoxy) is 1. The van der Waals surface area contributed by atoms with E-state index in [0.29, 0.717) is 29.4 Å². The molecule has 0 saturated heterocycles. The Labute approximate surface area is 179 Å². The van der Waals surface area contributed by atoms with Gasteiger partial charge in [0.05, 0.1) is 29.1 Å². The van der Waals surface area contributed by atoms with Crippen LogP contribution < -0.4 is 20.9 Å². The van der Waals surface area contributed by atoms with Gasteiger partial charge in [0.1, 0.15) is 5.75 Å². The summed E-state index contributed by atoms with van der Waals surface area (Å²) in [5.41, 5.74) is 10.8. The van der Waals surface area contributed by atoms with Crippen LogP contribution in [0.2, 0.25) is 0 Å². The molecule has 0 fully saturated rings. The van der Waals surface area contributed by atoms with E-state index < -0.39 is 10.0 Å². The van der Waals surface area contributed by atoms with Crippen LogP contribution in [0, 0.1) is 6.92 Å². The summed E-state index contributed by atoms with van der Waals surface area (Å²) in [6, 6.07) is 12.0. The molecule has 0 bridgehead atoms. The summed E-state index contributed by atoms with van der Waals surface area (Å²) in [6.07, 6.45) is 3.54. The summed E-state index contributed by atoms with van der Waals surface area (Å²) in [5.74, 6) is 1.22. The van der Waals surface area contributed by atoms with Crippen LogP contribution in [0.1, 0.15) is 11.3 Å². The van der Waals surface area contributed by atoms with Crippen LogP contribution in [0.25, 0.3) is 16.9 Å². The maximum atomic E-state index is 11.4. The summed E-state index contributed by atoms with van der Waals surface area (Å²) in [6.45, 7) is 2.37. The Kier molecular flexibility index (Phi) is 5.25. The van der Waals surface area contributed by atoms with Crippen LogP contribution in [-0.4, -0.2) is 29.9 Å². The molecule has 0 amide bonds. The lowest BCUT2D eigenvalue weighted by Gasteiger charge is -2.10. The van der Waals surface area contributed by atoms with Crippen molar-refractivity contribution < 1.29 is 13.2 Å². The highest BCUT2D eigenvalue weighted by Gasteiger charge is 2.15. The normalized spacial score (nSPS) is 11.6. The van der Waals surface area contributed by atoms with Crippen LogP contribution in [0.15, 0.2) is 59.8 Å². The third-order valence-electron chi connectivity index (χ3n) is 4.93. The number of aromatic nitrogens is 3. The van der Waals surface area contributed by atoms with E-state index in [0.717, 1.165) is 22.5 Å². The highest BCUT2D eigenvalue weighted by Crippen LogP contribution is 2.32. The SMILES string of the molecule is COc1ccc(-c2c(C)nc3c(NCc4ccc(S(N)(=O)=O)cc4)nccn23)cc1N. The van der Waals surface area contributed by atoms with Gasteiger partial charge in [-0.15, -0.1) is 0 Å². The predicted octanol–water partition coefficient (Wildman–Crippen LogP) is 2.56. The molecule has 2 aromatic heterocycles. The number of nitrogen functional groups attached to an aromatic ring is 1. The van der Waals surface area contributed by atoms with Gasteiger partial charge < -0.3 is 15.8 Å². The average Bonchev–Trinajstić information content (AvgIpc) is 3.08. The lowest BCUT2D eigenvalue weighted by molar-refractivity contribution is 0.417. The fourth-order valence-electron chi connectivity index (χ4n) is 3.43. The zero-order valence-corrected chi connectivity index (χ0v) is 17.8. The zero-order chi connectivity index (χ0) is 22.2. The van der Waals surface area contributed by atoms with Gasteiger partial charge in [0.15, 0.2) is 11.5 Å². The maximum Gasteiger partial charge on any atom is 0.238 e. The van der Waals surface area contributed by atoms with Gasteiger partial charge in [-0.2, -0.15) is 0 Å². The monoisotopic (exact) mass is 438 g/mol. The second kappa shape index (κ2) is 7.89. The standard InChI is InChI=1S/C21H22N6O3S/c1-13-19(15-5-8-18(30-2)17(22)11-15)27-10-9-24-20(21(27)26-13)25-12-14-3-6-16(7-4-14)31(23,28)29/h3-11H,12,22H2,1-2H3,(H,24,25)(H2,23,28,29). The first-order chi connectivity index (χ1) is 14.8. The minimum absolute atomic E-state index is 0.0729. The smallest absolute Gasteiger partial charge is 0.238 e. The fourth-order valence-corrected chi connectivity index (χ4v) is 3.94. The van der Waals surface area contributed by atoms with Gasteiger partial charge in [0.2, 0.25) is 10.0 Å². The number of anilines is 2. The van der Waals surface area contributed by atoms with E-state index >= 15 is 0 Å². The summed E-state index contributed by atoms with van der Waals surface area (Å²) < 4.78 is 30.0. The molecule has 0 spiro atoms. The summed E-state index contributed by atoms with van der Waals surface area (Å²) >= 11 is 0. The molecule has 0 atom stereocenters. The zero-order valence-electron chi connectivity index (χ0n) is 17.0. The number of nitrogens with one attached hydrogen (secondary N) is 1. The number of fused-ring (bicyclic) bond motifs is 1. The Morgan fingerprint density at radius 1 is 1.16 bits per heavy atom. The van der Waals surface area contributed by atoms with Gasteiger partial charge in [0.25, 0.3) is 0 Å². The van der Waals surface area contributed by atoms with Crippen molar-refractivity contribution in [3.05, 3.63) is 66.1 Å². The van der Waals surface area contributed by atoms with E-state index in [4.69, 9.17) is 20.6 Å². The Bertz CT molecular complexity index is 1360. The van der Waals surface area contributed by atoms with E-state index in [1.54, 1.807) is 25.4 Å². The van der Waals surface area contributed by atoms with E-state index in [1.165, 1.54) is 12.1 Å². The van der Waals surface area contributed by atoms with Crippen LogP contribution in [0.3, 0.4) is 0 Å². The van der Waals surface area contributed by atoms with Crippen molar-refractivity contribution in [1.82, 2.24) is 14.4 Å². The largest absolute Gasteiger partial charge is 0.495 e. The van der Waals surface area contributed by atoms with Crippen molar-refractivity contribution >= 4 is 27.2 Å². The number of hydrogen-bond acceptors (Lipinski definition) is 7. The summed E-state index contributed by atoms with van der Waals surface area (Å²) in [4.78, 5) is 9.18. The van der Waals surface area contributed by atoms with E-state index in [1.807, 2.05) is 35.7 Å². The number of benzene rings is 2. The topological polar surface area (TPSA) is 138 Å². The molecule has 5 N–H and O–H groups in total. The molecule has 4 rings (SSSR count). The van der Waals surface area contributed by atoms with Crippen molar-refractivity contribution in [3.63, 3.8) is 0 Å². The first kappa shape index (κ1) is 20.6. The molecule has 0 unspecified atom stereocenters. The fraction of sp³-hybridized carbons (Fsp3) is 0.143.